The van der Waals surface area contributed by atoms with Gasteiger partial charge in [0.25, 0.3) is 0 Å². The number of nitrogen functional groups attached to an aromatic ring is 1. The smallest absolute Gasteiger partial charge is 0.100 e. The maximum atomic E-state index is 5.77. The van der Waals surface area contributed by atoms with Crippen LogP contribution in [0, 0.1) is 13.8 Å². The molecule has 0 saturated heterocycles. The predicted molar refractivity (Wildman–Crippen MR) is 75.0 cm³/mol. The van der Waals surface area contributed by atoms with Crippen LogP contribution in [0.3, 0.4) is 0 Å². The van der Waals surface area contributed by atoms with Crippen LogP contribution in [-0.2, 0) is 0 Å². The van der Waals surface area contributed by atoms with Crippen molar-refractivity contribution in [3.8, 4) is 5.69 Å². The van der Waals surface area contributed by atoms with Crippen LogP contribution in [0.25, 0.3) is 16.7 Å². The van der Waals surface area contributed by atoms with Gasteiger partial charge in [-0.3, -0.25) is 4.57 Å². The van der Waals surface area contributed by atoms with E-state index in [0.717, 1.165) is 22.4 Å². The number of anilines is 1. The average molecular weight is 237 g/mol. The van der Waals surface area contributed by atoms with Gasteiger partial charge in [-0.25, -0.2) is 4.98 Å². The molecule has 0 spiro atoms. The van der Waals surface area contributed by atoms with Crippen LogP contribution in [0.15, 0.2) is 42.7 Å². The molecule has 90 valence electrons. The summed E-state index contributed by atoms with van der Waals surface area (Å²) in [6, 6.07) is 12.2. The van der Waals surface area contributed by atoms with Crippen LogP contribution >= 0.6 is 0 Å². The third-order valence-corrected chi connectivity index (χ3v) is 3.34. The summed E-state index contributed by atoms with van der Waals surface area (Å²) in [5.41, 5.74) is 12.2. The van der Waals surface area contributed by atoms with E-state index in [9.17, 15) is 0 Å². The lowest BCUT2D eigenvalue weighted by Crippen LogP contribution is -1.94. The van der Waals surface area contributed by atoms with E-state index in [1.54, 1.807) is 0 Å². The summed E-state index contributed by atoms with van der Waals surface area (Å²) in [6.07, 6.45) is 1.84. The van der Waals surface area contributed by atoms with E-state index in [-0.39, 0.29) is 0 Å². The third-order valence-electron chi connectivity index (χ3n) is 3.34. The molecule has 2 aromatic carbocycles. The van der Waals surface area contributed by atoms with Crippen LogP contribution in [0.2, 0.25) is 0 Å². The molecule has 18 heavy (non-hydrogen) atoms. The van der Waals surface area contributed by atoms with Gasteiger partial charge in [0.1, 0.15) is 6.33 Å². The Hall–Kier alpha value is -2.29. The van der Waals surface area contributed by atoms with Crippen molar-refractivity contribution < 1.29 is 0 Å². The van der Waals surface area contributed by atoms with Crippen molar-refractivity contribution in [1.29, 1.82) is 0 Å². The summed E-state index contributed by atoms with van der Waals surface area (Å²) in [6.45, 7) is 4.24. The molecule has 1 heterocycles. The van der Waals surface area contributed by atoms with Crippen LogP contribution in [0.1, 0.15) is 11.1 Å². The number of hydrogen-bond donors (Lipinski definition) is 1. The van der Waals surface area contributed by atoms with Gasteiger partial charge in [-0.05, 0) is 55.3 Å². The number of benzene rings is 2. The van der Waals surface area contributed by atoms with Crippen molar-refractivity contribution in [1.82, 2.24) is 9.55 Å². The van der Waals surface area contributed by atoms with Crippen LogP contribution in [0.5, 0.6) is 0 Å². The zero-order chi connectivity index (χ0) is 12.7. The Kier molecular flexibility index (Phi) is 2.33. The van der Waals surface area contributed by atoms with E-state index in [0.29, 0.717) is 0 Å². The molecule has 3 nitrogen and oxygen atoms in total. The standard InChI is InChI=1S/C15H15N3/c1-10-3-5-13(7-11(10)2)18-9-17-14-8-12(16)4-6-15(14)18/h3-9H,16H2,1-2H3. The molecule has 0 saturated carbocycles. The molecule has 0 unspecified atom stereocenters. The van der Waals surface area contributed by atoms with Gasteiger partial charge in [-0.15, -0.1) is 0 Å². The Bertz CT molecular complexity index is 726. The van der Waals surface area contributed by atoms with E-state index < -0.39 is 0 Å². The first-order valence-corrected chi connectivity index (χ1v) is 5.95. The van der Waals surface area contributed by atoms with E-state index in [1.807, 2.05) is 24.5 Å². The minimum Gasteiger partial charge on any atom is -0.399 e. The Morgan fingerprint density at radius 3 is 2.61 bits per heavy atom. The van der Waals surface area contributed by atoms with Gasteiger partial charge in [0.15, 0.2) is 0 Å². The summed E-state index contributed by atoms with van der Waals surface area (Å²) in [5, 5.41) is 0. The van der Waals surface area contributed by atoms with Crippen molar-refractivity contribution in [2.75, 3.05) is 5.73 Å². The van der Waals surface area contributed by atoms with Crippen molar-refractivity contribution in [3.05, 3.63) is 53.9 Å². The SMILES string of the molecule is Cc1ccc(-n2cnc3cc(N)ccc32)cc1C. The lowest BCUT2D eigenvalue weighted by molar-refractivity contribution is 1.08. The van der Waals surface area contributed by atoms with E-state index in [4.69, 9.17) is 5.73 Å². The first-order valence-electron chi connectivity index (χ1n) is 5.95. The second-order valence-corrected chi connectivity index (χ2v) is 4.63. The van der Waals surface area contributed by atoms with Gasteiger partial charge in [0, 0.05) is 11.4 Å². The fraction of sp³-hybridized carbons (Fsp3) is 0.133. The lowest BCUT2D eigenvalue weighted by atomic mass is 10.1. The summed E-state index contributed by atoms with van der Waals surface area (Å²) < 4.78 is 2.08. The summed E-state index contributed by atoms with van der Waals surface area (Å²) in [5.74, 6) is 0. The Morgan fingerprint density at radius 2 is 1.83 bits per heavy atom. The molecule has 0 radical (unpaired) electrons. The number of hydrogen-bond acceptors (Lipinski definition) is 2. The molecule has 0 amide bonds. The molecular formula is C15H15N3. The number of aromatic nitrogens is 2. The van der Waals surface area contributed by atoms with Gasteiger partial charge in [0.2, 0.25) is 0 Å². The second-order valence-electron chi connectivity index (χ2n) is 4.63. The number of nitrogens with zero attached hydrogens (tertiary/aromatic N) is 2. The fourth-order valence-electron chi connectivity index (χ4n) is 2.11. The molecule has 0 fully saturated rings. The molecule has 0 bridgehead atoms. The minimum atomic E-state index is 0.743. The molecule has 3 rings (SSSR count). The largest absolute Gasteiger partial charge is 0.399 e. The summed E-state index contributed by atoms with van der Waals surface area (Å²) >= 11 is 0. The molecule has 3 heteroatoms. The Morgan fingerprint density at radius 1 is 1.00 bits per heavy atom. The summed E-state index contributed by atoms with van der Waals surface area (Å²) in [7, 11) is 0. The number of fused-ring (bicyclic) bond motifs is 1. The quantitative estimate of drug-likeness (QED) is 0.660. The van der Waals surface area contributed by atoms with Crippen molar-refractivity contribution >= 4 is 16.7 Å². The molecular weight excluding hydrogens is 222 g/mol. The van der Waals surface area contributed by atoms with Gasteiger partial charge in [-0.1, -0.05) is 6.07 Å². The van der Waals surface area contributed by atoms with Gasteiger partial charge < -0.3 is 5.73 Å². The van der Waals surface area contributed by atoms with Crippen molar-refractivity contribution in [2.24, 2.45) is 0 Å². The van der Waals surface area contributed by atoms with Gasteiger partial charge in [-0.2, -0.15) is 0 Å². The highest BCUT2D eigenvalue weighted by Crippen LogP contribution is 2.21. The van der Waals surface area contributed by atoms with Crippen molar-refractivity contribution in [3.63, 3.8) is 0 Å². The number of nitrogens with two attached hydrogens (primary N) is 1. The van der Waals surface area contributed by atoms with Gasteiger partial charge in [0.05, 0.1) is 11.0 Å². The highest BCUT2D eigenvalue weighted by molar-refractivity contribution is 5.80. The van der Waals surface area contributed by atoms with Gasteiger partial charge >= 0.3 is 0 Å². The van der Waals surface area contributed by atoms with E-state index in [2.05, 4.69) is 41.6 Å². The van der Waals surface area contributed by atoms with E-state index in [1.165, 1.54) is 11.1 Å². The monoisotopic (exact) mass is 237 g/mol. The van der Waals surface area contributed by atoms with Crippen LogP contribution in [-0.4, -0.2) is 9.55 Å². The fourth-order valence-corrected chi connectivity index (χ4v) is 2.11. The van der Waals surface area contributed by atoms with Crippen molar-refractivity contribution in [2.45, 2.75) is 13.8 Å². The maximum absolute atomic E-state index is 5.77. The molecule has 0 aliphatic carbocycles. The third kappa shape index (κ3) is 1.64. The molecule has 1 aromatic heterocycles. The molecule has 3 aromatic rings. The lowest BCUT2D eigenvalue weighted by Gasteiger charge is -2.07. The number of imidazole rings is 1. The number of aryl methyl sites for hydroxylation is 2. The zero-order valence-electron chi connectivity index (χ0n) is 10.5. The Labute approximate surface area is 106 Å². The second kappa shape index (κ2) is 3.88. The Balaban J connectivity index is 2.22. The minimum absolute atomic E-state index is 0.743. The first-order chi connectivity index (χ1) is 8.65. The molecule has 0 aliphatic heterocycles. The first kappa shape index (κ1) is 10.8. The zero-order valence-corrected chi connectivity index (χ0v) is 10.5. The van der Waals surface area contributed by atoms with Crippen LogP contribution in [0.4, 0.5) is 5.69 Å². The number of rotatable bonds is 1. The summed E-state index contributed by atoms with van der Waals surface area (Å²) in [4.78, 5) is 4.39. The van der Waals surface area contributed by atoms with Crippen LogP contribution < -0.4 is 5.73 Å². The maximum Gasteiger partial charge on any atom is 0.100 e. The highest BCUT2D eigenvalue weighted by Gasteiger charge is 2.05. The van der Waals surface area contributed by atoms with E-state index >= 15 is 0 Å². The molecule has 2 N–H and O–H groups in total. The predicted octanol–water partition coefficient (Wildman–Crippen LogP) is 3.22. The average Bonchev–Trinajstić information content (AvgIpc) is 2.75. The molecule has 0 aliphatic rings. The normalized spacial score (nSPS) is 11.0. The molecule has 0 atom stereocenters. The highest BCUT2D eigenvalue weighted by atomic mass is 15.0. The topological polar surface area (TPSA) is 43.8 Å².